The van der Waals surface area contributed by atoms with Crippen LogP contribution in [0.3, 0.4) is 0 Å². The Morgan fingerprint density at radius 3 is 2.21 bits per heavy atom. The van der Waals surface area contributed by atoms with E-state index in [1.807, 2.05) is 6.08 Å². The molecule has 0 aromatic heterocycles. The van der Waals surface area contributed by atoms with Crippen LogP contribution >= 0.6 is 7.82 Å². The highest BCUT2D eigenvalue weighted by Gasteiger charge is 2.22. The van der Waals surface area contributed by atoms with Crippen LogP contribution in [0.5, 0.6) is 0 Å². The maximum atomic E-state index is 8.77. The van der Waals surface area contributed by atoms with Gasteiger partial charge in [-0.25, -0.2) is 0 Å². The van der Waals surface area contributed by atoms with Crippen LogP contribution in [0.25, 0.3) is 6.08 Å². The Morgan fingerprint density at radius 2 is 1.71 bits per heavy atom. The monoisotopic (exact) mass is 349 g/mol. The Labute approximate surface area is 143 Å². The molecule has 0 saturated heterocycles. The fourth-order valence-corrected chi connectivity index (χ4v) is 2.53. The van der Waals surface area contributed by atoms with Gasteiger partial charge >= 0.3 is 0 Å². The molecule has 0 fully saturated rings. The zero-order valence-electron chi connectivity index (χ0n) is 14.2. The van der Waals surface area contributed by atoms with Crippen molar-refractivity contribution >= 4 is 19.6 Å². The minimum absolute atomic E-state index is 0.845. The van der Waals surface area contributed by atoms with Gasteiger partial charge in [0, 0.05) is 17.2 Å². The molecule has 0 atom stereocenters. The van der Waals surface area contributed by atoms with E-state index in [1.165, 1.54) is 22.4 Å². The lowest BCUT2D eigenvalue weighted by atomic mass is 10.1. The molecule has 2 aromatic carbocycles. The molecule has 0 saturated carbocycles. The fraction of sp³-hybridized carbons (Fsp3) is 0.222. The molecule has 0 heterocycles. The number of quaternary nitrogens is 1. The average molecular weight is 349 g/mol. The summed E-state index contributed by atoms with van der Waals surface area (Å²) in [5.41, 5.74) is 5.21. The highest BCUT2D eigenvalue weighted by atomic mass is 31.2. The van der Waals surface area contributed by atoms with E-state index in [9.17, 15) is 0 Å². The normalized spacial score (nSPS) is 11.4. The van der Waals surface area contributed by atoms with Crippen LogP contribution in [-0.4, -0.2) is 23.9 Å². The van der Waals surface area contributed by atoms with E-state index >= 15 is 0 Å². The van der Waals surface area contributed by atoms with E-state index in [-0.39, 0.29) is 0 Å². The van der Waals surface area contributed by atoms with Crippen molar-refractivity contribution in [2.45, 2.75) is 13.5 Å². The quantitative estimate of drug-likeness (QED) is 0.657. The van der Waals surface area contributed by atoms with Gasteiger partial charge < -0.3 is 14.7 Å². The van der Waals surface area contributed by atoms with Crippen molar-refractivity contribution in [1.82, 2.24) is 4.48 Å². The summed E-state index contributed by atoms with van der Waals surface area (Å²) in [6.45, 7) is 7.02. The van der Waals surface area contributed by atoms with Crippen molar-refractivity contribution in [3.8, 4) is 0 Å². The second kappa shape index (κ2) is 8.38. The van der Waals surface area contributed by atoms with E-state index < -0.39 is 7.82 Å². The first-order valence-electron chi connectivity index (χ1n) is 7.40. The molecular weight excluding hydrogens is 325 g/mol. The molecular formula is C18H24NO4P. The van der Waals surface area contributed by atoms with Gasteiger partial charge in [0.15, 0.2) is 0 Å². The number of hydrogen-bond acceptors (Lipinski definition) is 2. The first-order valence-corrected chi connectivity index (χ1v) is 8.93. The Balaban J connectivity index is 0.000000505. The molecule has 0 aliphatic rings. The van der Waals surface area contributed by atoms with Gasteiger partial charge in [0.2, 0.25) is 0 Å². The van der Waals surface area contributed by atoms with Gasteiger partial charge in [-0.05, 0) is 12.5 Å². The molecule has 0 aliphatic carbocycles. The Morgan fingerprint density at radius 1 is 1.17 bits per heavy atom. The smallest absolute Gasteiger partial charge is 0.262 e. The second-order valence-electron chi connectivity index (χ2n) is 6.07. The summed E-state index contributed by atoms with van der Waals surface area (Å²) in [4.78, 5) is 22.9. The van der Waals surface area contributed by atoms with Crippen LogP contribution in [-0.2, 0) is 11.1 Å². The molecule has 0 bridgehead atoms. The maximum Gasteiger partial charge on any atom is 0.262 e. The third-order valence-electron chi connectivity index (χ3n) is 3.54. The molecule has 130 valence electrons. The van der Waals surface area contributed by atoms with Gasteiger partial charge in [0.25, 0.3) is 7.82 Å². The van der Waals surface area contributed by atoms with Gasteiger partial charge in [-0.2, -0.15) is 0 Å². The lowest BCUT2D eigenvalue weighted by Crippen LogP contribution is -2.40. The molecule has 24 heavy (non-hydrogen) atoms. The SMILES string of the molecule is C=Cc1ccc(C)c([N+](C)(C)Cc2ccccc2)c1.O=P([O-])(O)O. The van der Waals surface area contributed by atoms with Crippen LogP contribution in [0.4, 0.5) is 5.69 Å². The van der Waals surface area contributed by atoms with Crippen LogP contribution in [0, 0.1) is 6.92 Å². The Kier molecular flexibility index (Phi) is 7.08. The van der Waals surface area contributed by atoms with Gasteiger partial charge in [-0.15, -0.1) is 0 Å². The van der Waals surface area contributed by atoms with E-state index in [2.05, 4.69) is 76.1 Å². The van der Waals surface area contributed by atoms with Crippen LogP contribution in [0.2, 0.25) is 0 Å². The summed E-state index contributed by atoms with van der Waals surface area (Å²) in [6, 6.07) is 17.2. The molecule has 2 N–H and O–H groups in total. The van der Waals surface area contributed by atoms with E-state index in [1.54, 1.807) is 0 Å². The van der Waals surface area contributed by atoms with E-state index in [4.69, 9.17) is 19.2 Å². The largest absolute Gasteiger partial charge is 0.756 e. The highest BCUT2D eigenvalue weighted by Crippen LogP contribution is 2.27. The van der Waals surface area contributed by atoms with Crippen molar-refractivity contribution in [2.24, 2.45) is 0 Å². The average Bonchev–Trinajstić information content (AvgIpc) is 2.46. The molecule has 0 amide bonds. The van der Waals surface area contributed by atoms with Crippen LogP contribution in [0.1, 0.15) is 16.7 Å². The van der Waals surface area contributed by atoms with Gasteiger partial charge in [-0.1, -0.05) is 55.1 Å². The standard InChI is InChI=1S/C18H22N.H3O4P/c1-5-16-12-11-15(2)18(13-16)19(3,4)14-17-9-7-6-8-10-17;1-5(2,3)4/h5-13H,1,14H2,2-4H3;(H3,1,2,3,4)/q+1;/p-1. The summed E-state index contributed by atoms with van der Waals surface area (Å²) in [6.07, 6.45) is 1.91. The molecule has 5 nitrogen and oxygen atoms in total. The van der Waals surface area contributed by atoms with Gasteiger partial charge in [0.05, 0.1) is 14.1 Å². The van der Waals surface area contributed by atoms with Crippen molar-refractivity contribution in [1.29, 1.82) is 0 Å². The number of phosphoric acid groups is 1. The zero-order chi connectivity index (χ0) is 18.4. The minimum Gasteiger partial charge on any atom is -0.756 e. The van der Waals surface area contributed by atoms with E-state index in [0.717, 1.165) is 11.0 Å². The summed E-state index contributed by atoms with van der Waals surface area (Å²) in [5.74, 6) is 0. The third-order valence-corrected chi connectivity index (χ3v) is 3.54. The predicted molar refractivity (Wildman–Crippen MR) is 97.1 cm³/mol. The highest BCUT2D eigenvalue weighted by molar-refractivity contribution is 7.43. The molecule has 0 spiro atoms. The minimum atomic E-state index is -4.89. The summed E-state index contributed by atoms with van der Waals surface area (Å²) < 4.78 is 9.62. The second-order valence-corrected chi connectivity index (χ2v) is 7.05. The number of hydrogen-bond donors (Lipinski definition) is 2. The number of benzene rings is 2. The van der Waals surface area contributed by atoms with E-state index in [0.29, 0.717) is 0 Å². The molecule has 6 heteroatoms. The van der Waals surface area contributed by atoms with Crippen molar-refractivity contribution < 1.29 is 19.2 Å². The molecule has 0 radical (unpaired) electrons. The summed E-state index contributed by atoms with van der Waals surface area (Å²) in [5, 5.41) is 0. The van der Waals surface area contributed by atoms with Crippen LogP contribution < -0.4 is 9.38 Å². The fourth-order valence-electron chi connectivity index (χ4n) is 2.53. The number of aryl methyl sites for hydroxylation is 1. The Hall–Kier alpha value is -1.75. The van der Waals surface area contributed by atoms with Crippen LogP contribution in [0.15, 0.2) is 55.1 Å². The summed E-state index contributed by atoms with van der Waals surface area (Å²) in [7, 11) is -0.385. The Bertz CT molecular complexity index is 715. The van der Waals surface area contributed by atoms with Gasteiger partial charge in [-0.3, -0.25) is 9.05 Å². The molecule has 0 unspecified atom stereocenters. The molecule has 2 aromatic rings. The van der Waals surface area contributed by atoms with Gasteiger partial charge in [0.1, 0.15) is 12.2 Å². The molecule has 0 aliphatic heterocycles. The van der Waals surface area contributed by atoms with Crippen molar-refractivity contribution in [3.63, 3.8) is 0 Å². The topological polar surface area (TPSA) is 80.6 Å². The zero-order valence-corrected chi connectivity index (χ0v) is 15.1. The first-order chi connectivity index (χ1) is 11.0. The lowest BCUT2D eigenvalue weighted by molar-refractivity contribution is -0.214. The number of rotatable bonds is 4. The third kappa shape index (κ3) is 7.21. The van der Waals surface area contributed by atoms with Crippen molar-refractivity contribution in [2.75, 3.05) is 14.1 Å². The maximum absolute atomic E-state index is 8.77. The predicted octanol–water partition coefficient (Wildman–Crippen LogP) is 2.84. The first kappa shape index (κ1) is 20.3. The summed E-state index contributed by atoms with van der Waals surface area (Å²) >= 11 is 0. The molecule has 2 rings (SSSR count). The number of nitrogens with zero attached hydrogens (tertiary/aromatic N) is 1. The van der Waals surface area contributed by atoms with Crippen molar-refractivity contribution in [3.05, 3.63) is 71.8 Å². The lowest BCUT2D eigenvalue weighted by Gasteiger charge is -2.31.